The van der Waals surface area contributed by atoms with Crippen molar-refractivity contribution in [2.45, 2.75) is 26.3 Å². The van der Waals surface area contributed by atoms with Crippen molar-refractivity contribution in [1.82, 2.24) is 14.7 Å². The fourth-order valence-electron chi connectivity index (χ4n) is 3.12. The van der Waals surface area contributed by atoms with E-state index in [1.165, 1.54) is 0 Å². The molecule has 7 nitrogen and oxygen atoms in total. The van der Waals surface area contributed by atoms with Crippen LogP contribution in [-0.4, -0.2) is 46.4 Å². The number of nitrogens with zero attached hydrogens (tertiary/aromatic N) is 3. The molecule has 0 saturated carbocycles. The van der Waals surface area contributed by atoms with Gasteiger partial charge in [0.25, 0.3) is 0 Å². The van der Waals surface area contributed by atoms with Crippen LogP contribution in [0, 0.1) is 5.92 Å². The molecule has 1 aliphatic heterocycles. The Labute approximate surface area is 163 Å². The Morgan fingerprint density at radius 3 is 2.70 bits per heavy atom. The maximum atomic E-state index is 12.6. The number of hydrogen-bond acceptors (Lipinski definition) is 4. The highest BCUT2D eigenvalue weighted by atomic mass is 35.5. The number of carbonyl (C=O) groups is 2. The second-order valence-electron chi connectivity index (χ2n) is 6.41. The largest absolute Gasteiger partial charge is 0.450 e. The molecule has 3 rings (SSSR count). The Hall–Kier alpha value is -2.54. The van der Waals surface area contributed by atoms with Crippen LogP contribution in [-0.2, 0) is 16.1 Å². The Balaban J connectivity index is 1.57. The standard InChI is InChI=1S/C19H23ClN4O3/c1-2-27-19(26)23-11-8-14(9-12-23)18(25)22-17-7-10-21-24(17)13-15-5-3-4-6-16(15)20/h3-7,10,14H,2,8-9,11-13H2,1H3,(H,22,25). The molecule has 8 heteroatoms. The molecule has 0 aliphatic carbocycles. The van der Waals surface area contributed by atoms with Crippen molar-refractivity contribution >= 4 is 29.4 Å². The fraction of sp³-hybridized carbons (Fsp3) is 0.421. The van der Waals surface area contributed by atoms with E-state index in [-0.39, 0.29) is 17.9 Å². The van der Waals surface area contributed by atoms with Gasteiger partial charge >= 0.3 is 6.09 Å². The lowest BCUT2D eigenvalue weighted by atomic mass is 9.96. The molecule has 0 spiro atoms. The average molecular weight is 391 g/mol. The van der Waals surface area contributed by atoms with Crippen molar-refractivity contribution in [3.63, 3.8) is 0 Å². The number of halogens is 1. The summed E-state index contributed by atoms with van der Waals surface area (Å²) in [6.07, 6.45) is 2.57. The lowest BCUT2D eigenvalue weighted by molar-refractivity contribution is -0.121. The fourth-order valence-corrected chi connectivity index (χ4v) is 3.32. The average Bonchev–Trinajstić information content (AvgIpc) is 3.10. The molecule has 1 fully saturated rings. The number of anilines is 1. The summed E-state index contributed by atoms with van der Waals surface area (Å²) in [4.78, 5) is 26.0. The number of carbonyl (C=O) groups excluding carboxylic acids is 2. The zero-order chi connectivity index (χ0) is 19.2. The first-order valence-electron chi connectivity index (χ1n) is 9.06. The summed E-state index contributed by atoms with van der Waals surface area (Å²) >= 11 is 6.21. The zero-order valence-electron chi connectivity index (χ0n) is 15.2. The van der Waals surface area contributed by atoms with E-state index in [1.807, 2.05) is 24.3 Å². The molecule has 0 atom stereocenters. The molecule has 0 bridgehead atoms. The van der Waals surface area contributed by atoms with E-state index >= 15 is 0 Å². The van der Waals surface area contributed by atoms with E-state index in [0.717, 1.165) is 5.56 Å². The summed E-state index contributed by atoms with van der Waals surface area (Å²) in [5.74, 6) is 0.437. The van der Waals surface area contributed by atoms with Crippen LogP contribution in [0.25, 0.3) is 0 Å². The monoisotopic (exact) mass is 390 g/mol. The summed E-state index contributed by atoms with van der Waals surface area (Å²) in [7, 11) is 0. The lowest BCUT2D eigenvalue weighted by Gasteiger charge is -2.30. The molecule has 1 saturated heterocycles. The quantitative estimate of drug-likeness (QED) is 0.848. The predicted molar refractivity (Wildman–Crippen MR) is 103 cm³/mol. The third-order valence-electron chi connectivity index (χ3n) is 4.64. The van der Waals surface area contributed by atoms with Gasteiger partial charge in [-0.2, -0.15) is 5.10 Å². The van der Waals surface area contributed by atoms with Crippen LogP contribution >= 0.6 is 11.6 Å². The first kappa shape index (κ1) is 19.2. The van der Waals surface area contributed by atoms with Crippen LogP contribution in [0.5, 0.6) is 0 Å². The highest BCUT2D eigenvalue weighted by molar-refractivity contribution is 6.31. The molecule has 1 aromatic heterocycles. The second kappa shape index (κ2) is 8.90. The number of rotatable bonds is 5. The van der Waals surface area contributed by atoms with E-state index in [2.05, 4.69) is 10.4 Å². The van der Waals surface area contributed by atoms with Gasteiger partial charge in [-0.05, 0) is 31.4 Å². The highest BCUT2D eigenvalue weighted by Gasteiger charge is 2.28. The Bertz CT molecular complexity index is 800. The Morgan fingerprint density at radius 1 is 1.26 bits per heavy atom. The number of hydrogen-bond donors (Lipinski definition) is 1. The minimum atomic E-state index is -0.311. The third kappa shape index (κ3) is 4.80. The maximum Gasteiger partial charge on any atom is 0.409 e. The number of benzene rings is 1. The minimum absolute atomic E-state index is 0.0561. The maximum absolute atomic E-state index is 12.6. The van der Waals surface area contributed by atoms with E-state index in [9.17, 15) is 9.59 Å². The van der Waals surface area contributed by atoms with Crippen molar-refractivity contribution in [2.24, 2.45) is 5.92 Å². The van der Waals surface area contributed by atoms with E-state index < -0.39 is 0 Å². The van der Waals surface area contributed by atoms with Crippen molar-refractivity contribution in [1.29, 1.82) is 0 Å². The Morgan fingerprint density at radius 2 is 2.00 bits per heavy atom. The van der Waals surface area contributed by atoms with Gasteiger partial charge in [-0.25, -0.2) is 9.48 Å². The molecule has 1 N–H and O–H groups in total. The van der Waals surface area contributed by atoms with Gasteiger partial charge < -0.3 is 15.0 Å². The van der Waals surface area contributed by atoms with Crippen molar-refractivity contribution in [3.8, 4) is 0 Å². The smallest absolute Gasteiger partial charge is 0.409 e. The van der Waals surface area contributed by atoms with Gasteiger partial charge in [0.2, 0.25) is 5.91 Å². The number of amides is 2. The van der Waals surface area contributed by atoms with Gasteiger partial charge in [0, 0.05) is 30.1 Å². The SMILES string of the molecule is CCOC(=O)N1CCC(C(=O)Nc2ccnn2Cc2ccccc2Cl)CC1. The molecule has 144 valence electrons. The molecule has 2 heterocycles. The van der Waals surface area contributed by atoms with Gasteiger partial charge in [-0.15, -0.1) is 0 Å². The number of likely N-dealkylation sites (tertiary alicyclic amines) is 1. The summed E-state index contributed by atoms with van der Waals surface area (Å²) in [6.45, 7) is 3.66. The zero-order valence-corrected chi connectivity index (χ0v) is 16.0. The van der Waals surface area contributed by atoms with Crippen LogP contribution in [0.1, 0.15) is 25.3 Å². The van der Waals surface area contributed by atoms with Gasteiger partial charge in [-0.3, -0.25) is 4.79 Å². The number of piperidine rings is 1. The number of aromatic nitrogens is 2. The molecule has 1 aliphatic rings. The normalized spacial score (nSPS) is 14.8. The molecule has 0 radical (unpaired) electrons. The van der Waals surface area contributed by atoms with Gasteiger partial charge in [0.05, 0.1) is 19.3 Å². The predicted octanol–water partition coefficient (Wildman–Crippen LogP) is 3.39. The first-order chi connectivity index (χ1) is 13.1. The molecule has 27 heavy (non-hydrogen) atoms. The first-order valence-corrected chi connectivity index (χ1v) is 9.44. The van der Waals surface area contributed by atoms with Gasteiger partial charge in [0.15, 0.2) is 0 Å². The van der Waals surface area contributed by atoms with Crippen LogP contribution in [0.15, 0.2) is 36.5 Å². The van der Waals surface area contributed by atoms with Crippen LogP contribution in [0.2, 0.25) is 5.02 Å². The van der Waals surface area contributed by atoms with Crippen LogP contribution < -0.4 is 5.32 Å². The van der Waals surface area contributed by atoms with Gasteiger partial charge in [-0.1, -0.05) is 29.8 Å². The molecule has 2 amide bonds. The third-order valence-corrected chi connectivity index (χ3v) is 5.01. The molecule has 2 aromatic rings. The molecular formula is C19H23ClN4O3. The van der Waals surface area contributed by atoms with Crippen molar-refractivity contribution < 1.29 is 14.3 Å². The van der Waals surface area contributed by atoms with E-state index in [4.69, 9.17) is 16.3 Å². The van der Waals surface area contributed by atoms with Crippen molar-refractivity contribution in [3.05, 3.63) is 47.1 Å². The summed E-state index contributed by atoms with van der Waals surface area (Å²) in [6, 6.07) is 9.32. The highest BCUT2D eigenvalue weighted by Crippen LogP contribution is 2.21. The van der Waals surface area contributed by atoms with Gasteiger partial charge in [0.1, 0.15) is 5.82 Å². The molecule has 0 unspecified atom stereocenters. The Kier molecular flexibility index (Phi) is 6.34. The van der Waals surface area contributed by atoms with Crippen LogP contribution in [0.4, 0.5) is 10.6 Å². The minimum Gasteiger partial charge on any atom is -0.450 e. The lowest BCUT2D eigenvalue weighted by Crippen LogP contribution is -2.41. The summed E-state index contributed by atoms with van der Waals surface area (Å²) in [5.41, 5.74) is 0.932. The van der Waals surface area contributed by atoms with E-state index in [1.54, 1.807) is 28.8 Å². The summed E-state index contributed by atoms with van der Waals surface area (Å²) in [5, 5.41) is 7.90. The molecule has 1 aromatic carbocycles. The number of ether oxygens (including phenoxy) is 1. The summed E-state index contributed by atoms with van der Waals surface area (Å²) < 4.78 is 6.72. The topological polar surface area (TPSA) is 76.5 Å². The number of nitrogens with one attached hydrogen (secondary N) is 1. The van der Waals surface area contributed by atoms with Crippen molar-refractivity contribution in [2.75, 3.05) is 25.0 Å². The van der Waals surface area contributed by atoms with E-state index in [0.29, 0.717) is 49.9 Å². The molecular weight excluding hydrogens is 368 g/mol. The van der Waals surface area contributed by atoms with Crippen LogP contribution in [0.3, 0.4) is 0 Å². The second-order valence-corrected chi connectivity index (χ2v) is 6.82.